The molecule has 0 radical (unpaired) electrons. The van der Waals surface area contributed by atoms with Gasteiger partial charge in [0.05, 0.1) is 5.02 Å². The summed E-state index contributed by atoms with van der Waals surface area (Å²) in [6, 6.07) is 17.4. The van der Waals surface area contributed by atoms with Crippen LogP contribution >= 0.6 is 24.0 Å². The van der Waals surface area contributed by atoms with Crippen LogP contribution in [0.2, 0.25) is 5.02 Å². The molecule has 0 aromatic heterocycles. The number of carbonyl (C=O) groups excluding carboxylic acids is 1. The van der Waals surface area contributed by atoms with Crippen molar-refractivity contribution in [1.29, 1.82) is 0 Å². The zero-order valence-corrected chi connectivity index (χ0v) is 16.2. The third-order valence-corrected chi connectivity index (χ3v) is 5.08. The van der Waals surface area contributed by atoms with Gasteiger partial charge in [0.15, 0.2) is 6.10 Å². The molecule has 1 unspecified atom stereocenters. The molecule has 1 aliphatic heterocycles. The quantitative estimate of drug-likeness (QED) is 0.840. The molecule has 3 atom stereocenters. The van der Waals surface area contributed by atoms with Crippen molar-refractivity contribution in [1.82, 2.24) is 4.90 Å². The molecule has 6 heteroatoms. The van der Waals surface area contributed by atoms with E-state index >= 15 is 0 Å². The molecule has 1 saturated heterocycles. The second-order valence-corrected chi connectivity index (χ2v) is 6.85. The first-order valence-corrected chi connectivity index (χ1v) is 8.93. The maximum atomic E-state index is 12.8. The average Bonchev–Trinajstić information content (AvgIpc) is 3.08. The average molecular weight is 395 g/mol. The molecule has 2 N–H and O–H groups in total. The number of ether oxygens (including phenoxy) is 1. The Morgan fingerprint density at radius 1 is 1.19 bits per heavy atom. The summed E-state index contributed by atoms with van der Waals surface area (Å²) < 4.78 is 5.77. The van der Waals surface area contributed by atoms with Crippen molar-refractivity contribution in [3.63, 3.8) is 0 Å². The Bertz CT molecular complexity index is 727. The van der Waals surface area contributed by atoms with Gasteiger partial charge < -0.3 is 15.4 Å². The van der Waals surface area contributed by atoms with Gasteiger partial charge in [-0.15, -0.1) is 12.4 Å². The van der Waals surface area contributed by atoms with E-state index in [1.54, 1.807) is 19.1 Å². The number of likely N-dealkylation sites (tertiary alicyclic amines) is 1. The molecule has 0 bridgehead atoms. The normalized spacial score (nSPS) is 20.3. The van der Waals surface area contributed by atoms with Gasteiger partial charge in [-0.25, -0.2) is 0 Å². The molecule has 1 fully saturated rings. The zero-order chi connectivity index (χ0) is 17.8. The molecule has 0 saturated carbocycles. The second-order valence-electron chi connectivity index (χ2n) is 6.45. The summed E-state index contributed by atoms with van der Waals surface area (Å²) in [6.45, 7) is 3.65. The summed E-state index contributed by atoms with van der Waals surface area (Å²) in [6.07, 6.45) is -0.590. The van der Waals surface area contributed by atoms with Gasteiger partial charge in [-0.2, -0.15) is 0 Å². The summed E-state index contributed by atoms with van der Waals surface area (Å²) >= 11 is 6.12. The standard InChI is InChI=1S/C20H23ClN2O2.ClH/c1-14(25-19-10-6-5-9-18(19)21)20(24)23-12-16(11-22)17(13-23)15-7-3-2-4-8-15;/h2-10,14,16-17H,11-13,22H2,1H3;1H/t14?,16-,17+;/m1./s1. The minimum absolute atomic E-state index is 0. The molecule has 2 aromatic carbocycles. The van der Waals surface area contributed by atoms with Gasteiger partial charge in [0, 0.05) is 19.0 Å². The Hall–Kier alpha value is -1.75. The molecule has 2 aromatic rings. The van der Waals surface area contributed by atoms with E-state index in [-0.39, 0.29) is 30.2 Å². The molecule has 4 nitrogen and oxygen atoms in total. The van der Waals surface area contributed by atoms with E-state index in [2.05, 4.69) is 12.1 Å². The van der Waals surface area contributed by atoms with Crippen molar-refractivity contribution >= 4 is 29.9 Å². The number of rotatable bonds is 5. The first kappa shape index (κ1) is 20.6. The van der Waals surface area contributed by atoms with E-state index in [1.807, 2.05) is 35.2 Å². The summed E-state index contributed by atoms with van der Waals surface area (Å²) in [5.41, 5.74) is 7.19. The van der Waals surface area contributed by atoms with Crippen LogP contribution in [-0.4, -0.2) is 36.5 Å². The highest BCUT2D eigenvalue weighted by atomic mass is 35.5. The van der Waals surface area contributed by atoms with Crippen LogP contribution in [0.25, 0.3) is 0 Å². The maximum absolute atomic E-state index is 12.8. The number of halogens is 2. The van der Waals surface area contributed by atoms with Crippen LogP contribution in [0, 0.1) is 5.92 Å². The van der Waals surface area contributed by atoms with E-state index in [0.717, 1.165) is 0 Å². The zero-order valence-electron chi connectivity index (χ0n) is 14.7. The van der Waals surface area contributed by atoms with Crippen molar-refractivity contribution in [3.05, 3.63) is 65.2 Å². The highest BCUT2D eigenvalue weighted by Crippen LogP contribution is 2.33. The lowest BCUT2D eigenvalue weighted by molar-refractivity contribution is -0.137. The lowest BCUT2D eigenvalue weighted by Gasteiger charge is -2.22. The maximum Gasteiger partial charge on any atom is 0.263 e. The number of para-hydroxylation sites is 1. The predicted octanol–water partition coefficient (Wildman–Crippen LogP) is 3.73. The van der Waals surface area contributed by atoms with Gasteiger partial charge >= 0.3 is 0 Å². The van der Waals surface area contributed by atoms with Crippen LogP contribution in [0.4, 0.5) is 0 Å². The number of carbonyl (C=O) groups is 1. The van der Waals surface area contributed by atoms with Gasteiger partial charge in [-0.05, 0) is 37.1 Å². The van der Waals surface area contributed by atoms with E-state index < -0.39 is 6.10 Å². The van der Waals surface area contributed by atoms with Gasteiger partial charge in [0.1, 0.15) is 5.75 Å². The highest BCUT2D eigenvalue weighted by Gasteiger charge is 2.37. The number of hydrogen-bond donors (Lipinski definition) is 1. The summed E-state index contributed by atoms with van der Waals surface area (Å²) in [5, 5.41) is 0.505. The van der Waals surface area contributed by atoms with Crippen LogP contribution in [0.15, 0.2) is 54.6 Å². The molecular weight excluding hydrogens is 371 g/mol. The smallest absolute Gasteiger partial charge is 0.263 e. The van der Waals surface area contributed by atoms with Gasteiger partial charge in [0.25, 0.3) is 5.91 Å². The Kier molecular flexibility index (Phi) is 7.33. The molecule has 3 rings (SSSR count). The number of amides is 1. The van der Waals surface area contributed by atoms with E-state index in [9.17, 15) is 4.79 Å². The van der Waals surface area contributed by atoms with Crippen LogP contribution in [-0.2, 0) is 4.79 Å². The molecule has 1 aliphatic rings. The summed E-state index contributed by atoms with van der Waals surface area (Å²) in [5.74, 6) is 1.03. The molecule has 140 valence electrons. The van der Waals surface area contributed by atoms with Crippen molar-refractivity contribution in [2.45, 2.75) is 18.9 Å². The topological polar surface area (TPSA) is 55.6 Å². The fourth-order valence-electron chi connectivity index (χ4n) is 3.41. The van der Waals surface area contributed by atoms with Crippen molar-refractivity contribution in [2.24, 2.45) is 11.7 Å². The van der Waals surface area contributed by atoms with Gasteiger partial charge in [0.2, 0.25) is 0 Å². The first-order chi connectivity index (χ1) is 12.1. The van der Waals surface area contributed by atoms with Crippen molar-refractivity contribution < 1.29 is 9.53 Å². The molecular formula is C20H24Cl2N2O2. The molecule has 1 heterocycles. The highest BCUT2D eigenvalue weighted by molar-refractivity contribution is 6.32. The fraction of sp³-hybridized carbons (Fsp3) is 0.350. The summed E-state index contributed by atoms with van der Waals surface area (Å²) in [4.78, 5) is 14.7. The van der Waals surface area contributed by atoms with Crippen LogP contribution < -0.4 is 10.5 Å². The predicted molar refractivity (Wildman–Crippen MR) is 107 cm³/mol. The largest absolute Gasteiger partial charge is 0.479 e. The molecule has 0 spiro atoms. The van der Waals surface area contributed by atoms with E-state index in [1.165, 1.54) is 5.56 Å². The molecule has 26 heavy (non-hydrogen) atoms. The van der Waals surface area contributed by atoms with E-state index in [4.69, 9.17) is 22.1 Å². The lowest BCUT2D eigenvalue weighted by Crippen LogP contribution is -2.39. The number of benzene rings is 2. The second kappa shape index (κ2) is 9.26. The van der Waals surface area contributed by atoms with Gasteiger partial charge in [-0.3, -0.25) is 4.79 Å². The van der Waals surface area contributed by atoms with Gasteiger partial charge in [-0.1, -0.05) is 54.1 Å². The fourth-order valence-corrected chi connectivity index (χ4v) is 3.59. The Labute approximate surface area is 165 Å². The Morgan fingerprint density at radius 2 is 1.85 bits per heavy atom. The van der Waals surface area contributed by atoms with Crippen LogP contribution in [0.5, 0.6) is 5.75 Å². The third-order valence-electron chi connectivity index (χ3n) is 4.77. The third kappa shape index (κ3) is 4.50. The first-order valence-electron chi connectivity index (χ1n) is 8.55. The SMILES string of the molecule is CC(Oc1ccccc1Cl)C(=O)N1C[C@@H](CN)[C@H](c2ccccc2)C1.Cl. The lowest BCUT2D eigenvalue weighted by atomic mass is 9.89. The number of nitrogens with zero attached hydrogens (tertiary/aromatic N) is 1. The number of nitrogens with two attached hydrogens (primary N) is 1. The minimum atomic E-state index is -0.590. The number of hydrogen-bond acceptors (Lipinski definition) is 3. The Morgan fingerprint density at radius 3 is 2.50 bits per heavy atom. The minimum Gasteiger partial charge on any atom is -0.479 e. The monoisotopic (exact) mass is 394 g/mol. The van der Waals surface area contributed by atoms with Crippen LogP contribution in [0.1, 0.15) is 18.4 Å². The molecule has 1 amide bonds. The van der Waals surface area contributed by atoms with E-state index in [0.29, 0.717) is 30.4 Å². The van der Waals surface area contributed by atoms with Crippen LogP contribution in [0.3, 0.4) is 0 Å². The van der Waals surface area contributed by atoms with Crippen molar-refractivity contribution in [3.8, 4) is 5.75 Å². The van der Waals surface area contributed by atoms with Crippen molar-refractivity contribution in [2.75, 3.05) is 19.6 Å². The summed E-state index contributed by atoms with van der Waals surface area (Å²) in [7, 11) is 0. The Balaban J connectivity index is 0.00000243. The molecule has 0 aliphatic carbocycles.